The zero-order valence-corrected chi connectivity index (χ0v) is 25.8. The van der Waals surface area contributed by atoms with Crippen molar-refractivity contribution in [3.8, 4) is 5.75 Å². The van der Waals surface area contributed by atoms with Crippen LogP contribution in [0, 0.1) is 6.92 Å². The zero-order valence-electron chi connectivity index (χ0n) is 23.5. The van der Waals surface area contributed by atoms with Gasteiger partial charge in [0.1, 0.15) is 5.82 Å². The molecule has 0 aliphatic carbocycles. The van der Waals surface area contributed by atoms with E-state index in [0.717, 1.165) is 36.5 Å². The van der Waals surface area contributed by atoms with Crippen molar-refractivity contribution in [1.29, 1.82) is 0 Å². The first kappa shape index (κ1) is 30.6. The van der Waals surface area contributed by atoms with Crippen LogP contribution in [0.15, 0.2) is 96.0 Å². The molecule has 1 amide bonds. The maximum Gasteiger partial charge on any atom is 0.295 e. The van der Waals surface area contributed by atoms with Gasteiger partial charge in [0.15, 0.2) is 5.75 Å². The van der Waals surface area contributed by atoms with Gasteiger partial charge in [0.25, 0.3) is 15.9 Å². The van der Waals surface area contributed by atoms with E-state index in [2.05, 4.69) is 33.1 Å². The number of benzene rings is 3. The molecule has 3 aromatic carbocycles. The van der Waals surface area contributed by atoms with E-state index in [0.29, 0.717) is 23.7 Å². The van der Waals surface area contributed by atoms with Gasteiger partial charge in [0.05, 0.1) is 20.6 Å². The Morgan fingerprint density at radius 3 is 2.33 bits per heavy atom. The molecule has 9 nitrogen and oxygen atoms in total. The predicted molar refractivity (Wildman–Crippen MR) is 170 cm³/mol. The first-order valence-electron chi connectivity index (χ1n) is 13.7. The van der Waals surface area contributed by atoms with Crippen LogP contribution in [-0.4, -0.2) is 63.5 Å². The number of aromatic nitrogens is 1. The van der Waals surface area contributed by atoms with E-state index in [4.69, 9.17) is 28.0 Å². The number of sulfonamides is 1. The summed E-state index contributed by atoms with van der Waals surface area (Å²) in [5, 5.41) is 3.47. The first-order chi connectivity index (χ1) is 20.7. The van der Waals surface area contributed by atoms with Gasteiger partial charge < -0.3 is 15.1 Å². The largest absolute Gasteiger partial charge is 0.364 e. The highest BCUT2D eigenvalue weighted by Crippen LogP contribution is 2.30. The Balaban J connectivity index is 1.19. The molecule has 0 radical (unpaired) electrons. The van der Waals surface area contributed by atoms with Crippen molar-refractivity contribution in [1.82, 2.24) is 15.2 Å². The molecular formula is C31H31Cl2N5O4S. The van der Waals surface area contributed by atoms with Gasteiger partial charge in [-0.15, -0.1) is 0 Å². The van der Waals surface area contributed by atoms with E-state index in [1.54, 1.807) is 30.3 Å². The van der Waals surface area contributed by atoms with Crippen molar-refractivity contribution < 1.29 is 18.0 Å². The number of nitrogens with zero attached hydrogens (tertiary/aromatic N) is 4. The Morgan fingerprint density at radius 1 is 0.930 bits per heavy atom. The number of nitrogens with one attached hydrogen (secondary N) is 1. The molecule has 1 aromatic heterocycles. The van der Waals surface area contributed by atoms with Gasteiger partial charge in [0, 0.05) is 57.1 Å². The smallest absolute Gasteiger partial charge is 0.295 e. The molecule has 4 aromatic rings. The maximum absolute atomic E-state index is 13.7. The van der Waals surface area contributed by atoms with Crippen LogP contribution in [-0.2, 0) is 10.0 Å². The second-order valence-electron chi connectivity index (χ2n) is 10.0. The number of para-hydroxylation sites is 1. The molecule has 0 bridgehead atoms. The molecule has 12 heteroatoms. The molecule has 5 rings (SSSR count). The van der Waals surface area contributed by atoms with Gasteiger partial charge in [-0.05, 0) is 73.2 Å². The second kappa shape index (κ2) is 13.6. The Morgan fingerprint density at radius 2 is 1.65 bits per heavy atom. The lowest BCUT2D eigenvalue weighted by Crippen LogP contribution is -2.48. The van der Waals surface area contributed by atoms with Crippen LogP contribution in [0.3, 0.4) is 0 Å². The van der Waals surface area contributed by atoms with Crippen LogP contribution in [0.2, 0.25) is 10.0 Å². The van der Waals surface area contributed by atoms with Crippen molar-refractivity contribution in [3.05, 3.63) is 112 Å². The average molecular weight is 641 g/mol. The minimum absolute atomic E-state index is 0.0473. The average Bonchev–Trinajstić information content (AvgIpc) is 3.02. The molecule has 0 saturated carbocycles. The van der Waals surface area contributed by atoms with Crippen LogP contribution >= 0.6 is 23.2 Å². The van der Waals surface area contributed by atoms with Gasteiger partial charge in [-0.3, -0.25) is 9.69 Å². The molecule has 0 atom stereocenters. The molecule has 1 fully saturated rings. The van der Waals surface area contributed by atoms with E-state index in [1.165, 1.54) is 48.0 Å². The number of hydrogen-bond donors (Lipinski definition) is 1. The Labute approximate surface area is 261 Å². The normalized spacial score (nSPS) is 13.9. The molecule has 1 aliphatic heterocycles. The lowest BCUT2D eigenvalue weighted by Gasteiger charge is -2.35. The fourth-order valence-electron chi connectivity index (χ4n) is 4.62. The van der Waals surface area contributed by atoms with E-state index in [-0.39, 0.29) is 27.3 Å². The number of rotatable bonds is 10. The van der Waals surface area contributed by atoms with Crippen LogP contribution < -0.4 is 19.5 Å². The Bertz CT molecular complexity index is 1670. The highest BCUT2D eigenvalue weighted by Gasteiger charge is 2.28. The summed E-state index contributed by atoms with van der Waals surface area (Å²) < 4.78 is 28.2. The number of aryl methyl sites for hydroxylation is 1. The van der Waals surface area contributed by atoms with Gasteiger partial charge >= 0.3 is 0 Å². The molecule has 1 N–H and O–H groups in total. The number of amides is 1. The monoisotopic (exact) mass is 639 g/mol. The summed E-state index contributed by atoms with van der Waals surface area (Å²) in [7, 11) is -4.19. The Kier molecular flexibility index (Phi) is 9.72. The highest BCUT2D eigenvalue weighted by molar-refractivity contribution is 7.92. The molecule has 1 aliphatic rings. The lowest BCUT2D eigenvalue weighted by molar-refractivity contribution is 0.0947. The Hall–Kier alpha value is -3.83. The number of carbonyl (C=O) groups excluding carboxylic acids is 1. The van der Waals surface area contributed by atoms with E-state index < -0.39 is 10.0 Å². The molecule has 2 heterocycles. The third-order valence-electron chi connectivity index (χ3n) is 6.99. The van der Waals surface area contributed by atoms with Crippen LogP contribution in [0.1, 0.15) is 15.9 Å². The number of hydrogen-bond acceptors (Lipinski definition) is 7. The van der Waals surface area contributed by atoms with Gasteiger partial charge in [-0.2, -0.15) is 8.42 Å². The summed E-state index contributed by atoms with van der Waals surface area (Å²) >= 11 is 12.1. The van der Waals surface area contributed by atoms with Crippen LogP contribution in [0.4, 0.5) is 11.5 Å². The summed E-state index contributed by atoms with van der Waals surface area (Å²) in [4.78, 5) is 27.6. The van der Waals surface area contributed by atoms with Gasteiger partial charge in [-0.25, -0.2) is 4.98 Å². The van der Waals surface area contributed by atoms with Gasteiger partial charge in [0.2, 0.25) is 0 Å². The van der Waals surface area contributed by atoms with Crippen molar-refractivity contribution >= 4 is 50.6 Å². The summed E-state index contributed by atoms with van der Waals surface area (Å²) in [6, 6.07) is 22.7. The highest BCUT2D eigenvalue weighted by atomic mass is 35.5. The number of carbonyl (C=O) groups is 1. The zero-order chi connectivity index (χ0) is 30.4. The summed E-state index contributed by atoms with van der Waals surface area (Å²) in [6.07, 6.45) is 1.83. The minimum Gasteiger partial charge on any atom is -0.364 e. The number of anilines is 2. The minimum atomic E-state index is -4.19. The fourth-order valence-corrected chi connectivity index (χ4v) is 6.16. The van der Waals surface area contributed by atoms with E-state index in [1.807, 2.05) is 12.3 Å². The molecule has 224 valence electrons. The molecule has 0 spiro atoms. The standard InChI is InChI=1S/C31H31Cl2N5O4S/c1-23-13-14-34-30(21-23)37-19-17-36(18-20-37)16-15-35-31(39)24-7-10-27(11-8-24)43(40,41)38(25-5-3-2-4-6-25)42-26-9-12-28(32)29(33)22-26/h2-14,21-22H,15-20H2,1H3,(H,35,39). The third-order valence-corrected chi connectivity index (χ3v) is 9.32. The van der Waals surface area contributed by atoms with E-state index in [9.17, 15) is 13.2 Å². The fraction of sp³-hybridized carbons (Fsp3) is 0.226. The molecular weight excluding hydrogens is 609 g/mol. The van der Waals surface area contributed by atoms with Crippen LogP contribution in [0.5, 0.6) is 5.75 Å². The predicted octanol–water partition coefficient (Wildman–Crippen LogP) is 5.44. The van der Waals surface area contributed by atoms with Crippen molar-refractivity contribution in [2.24, 2.45) is 0 Å². The number of halogens is 2. The second-order valence-corrected chi connectivity index (χ2v) is 12.6. The molecule has 1 saturated heterocycles. The van der Waals surface area contributed by atoms with E-state index >= 15 is 0 Å². The number of piperazine rings is 1. The quantitative estimate of drug-likeness (QED) is 0.231. The molecule has 43 heavy (non-hydrogen) atoms. The summed E-state index contributed by atoms with van der Waals surface area (Å²) in [5.41, 5.74) is 1.82. The van der Waals surface area contributed by atoms with Gasteiger partial charge in [-0.1, -0.05) is 45.9 Å². The SMILES string of the molecule is Cc1ccnc(N2CCN(CCNC(=O)c3ccc(S(=O)(=O)N(Oc4ccc(Cl)c(Cl)c4)c4ccccc4)cc3)CC2)c1. The van der Waals surface area contributed by atoms with Crippen LogP contribution in [0.25, 0.3) is 0 Å². The lowest BCUT2D eigenvalue weighted by atomic mass is 10.2. The van der Waals surface area contributed by atoms with Crippen molar-refractivity contribution in [2.75, 3.05) is 48.6 Å². The first-order valence-corrected chi connectivity index (χ1v) is 15.9. The maximum atomic E-state index is 13.7. The summed E-state index contributed by atoms with van der Waals surface area (Å²) in [5.74, 6) is 0.899. The number of pyridine rings is 1. The van der Waals surface area contributed by atoms with Crippen molar-refractivity contribution in [3.63, 3.8) is 0 Å². The molecule has 0 unspecified atom stereocenters. The third kappa shape index (κ3) is 7.58. The van der Waals surface area contributed by atoms with Crippen molar-refractivity contribution in [2.45, 2.75) is 11.8 Å². The topological polar surface area (TPSA) is 95.1 Å². The summed E-state index contributed by atoms with van der Waals surface area (Å²) in [6.45, 7) is 6.74.